The summed E-state index contributed by atoms with van der Waals surface area (Å²) < 4.78 is 5.62. The van der Waals surface area contributed by atoms with Crippen molar-refractivity contribution in [1.82, 2.24) is 10.3 Å². The van der Waals surface area contributed by atoms with Gasteiger partial charge in [0.2, 0.25) is 0 Å². The molecule has 0 saturated carbocycles. The first-order chi connectivity index (χ1) is 14.3. The maximum Gasteiger partial charge on any atom is 0.170 e. The quantitative estimate of drug-likeness (QED) is 0.724. The Hall–Kier alpha value is -2.18. The van der Waals surface area contributed by atoms with Gasteiger partial charge in [-0.25, -0.2) is 4.98 Å². The molecule has 2 aromatic rings. The monoisotopic (exact) mass is 410 g/mol. The zero-order valence-electron chi connectivity index (χ0n) is 16.9. The topological polar surface area (TPSA) is 49.4 Å². The Morgan fingerprint density at radius 3 is 2.48 bits per heavy atom. The summed E-state index contributed by atoms with van der Waals surface area (Å²) in [6.45, 7) is 4.58. The van der Waals surface area contributed by atoms with Crippen LogP contribution < -0.4 is 15.5 Å². The number of anilines is 2. The van der Waals surface area contributed by atoms with E-state index in [0.29, 0.717) is 5.11 Å². The second-order valence-corrected chi connectivity index (χ2v) is 8.43. The molecule has 1 aromatic heterocycles. The highest BCUT2D eigenvalue weighted by atomic mass is 32.1. The molecule has 1 aromatic carbocycles. The minimum Gasteiger partial charge on any atom is -0.381 e. The van der Waals surface area contributed by atoms with E-state index in [1.165, 1.54) is 24.8 Å². The van der Waals surface area contributed by atoms with Gasteiger partial charge in [0.15, 0.2) is 5.11 Å². The molecule has 2 saturated heterocycles. The molecule has 0 aliphatic carbocycles. The summed E-state index contributed by atoms with van der Waals surface area (Å²) in [5.41, 5.74) is 2.33. The molecule has 2 N–H and O–H groups in total. The lowest BCUT2D eigenvalue weighted by Gasteiger charge is -2.38. The summed E-state index contributed by atoms with van der Waals surface area (Å²) in [6, 6.07) is 14.9. The van der Waals surface area contributed by atoms with Gasteiger partial charge in [0.05, 0.1) is 11.9 Å². The third-order valence-corrected chi connectivity index (χ3v) is 6.36. The zero-order chi connectivity index (χ0) is 19.9. The second kappa shape index (κ2) is 9.55. The predicted molar refractivity (Wildman–Crippen MR) is 123 cm³/mol. The van der Waals surface area contributed by atoms with E-state index in [0.717, 1.165) is 57.2 Å². The number of hydrogen-bond acceptors (Lipinski definition) is 4. The van der Waals surface area contributed by atoms with Crippen LogP contribution in [0, 0.1) is 0 Å². The summed E-state index contributed by atoms with van der Waals surface area (Å²) in [4.78, 5) is 6.99. The summed E-state index contributed by atoms with van der Waals surface area (Å²) in [6.07, 6.45) is 7.71. The van der Waals surface area contributed by atoms with Crippen molar-refractivity contribution in [3.05, 3.63) is 54.2 Å². The van der Waals surface area contributed by atoms with Crippen LogP contribution in [0.3, 0.4) is 0 Å². The van der Waals surface area contributed by atoms with Gasteiger partial charge < -0.3 is 20.3 Å². The number of hydrogen-bond donors (Lipinski definition) is 2. The molecule has 0 radical (unpaired) electrons. The van der Waals surface area contributed by atoms with Gasteiger partial charge >= 0.3 is 0 Å². The van der Waals surface area contributed by atoms with Gasteiger partial charge in [-0.05, 0) is 62.0 Å². The van der Waals surface area contributed by atoms with Gasteiger partial charge in [0.1, 0.15) is 5.82 Å². The molecule has 0 spiro atoms. The molecule has 2 fully saturated rings. The van der Waals surface area contributed by atoms with Crippen molar-refractivity contribution in [1.29, 1.82) is 0 Å². The Kier molecular flexibility index (Phi) is 6.62. The maximum atomic E-state index is 5.62. The molecule has 0 unspecified atom stereocenters. The first-order valence-electron chi connectivity index (χ1n) is 10.6. The van der Waals surface area contributed by atoms with E-state index in [-0.39, 0.29) is 5.41 Å². The Morgan fingerprint density at radius 2 is 1.79 bits per heavy atom. The Labute approximate surface area is 178 Å². The minimum atomic E-state index is 0.0572. The van der Waals surface area contributed by atoms with E-state index in [4.69, 9.17) is 17.0 Å². The molecule has 0 amide bonds. The third-order valence-electron chi connectivity index (χ3n) is 6.11. The van der Waals surface area contributed by atoms with Crippen molar-refractivity contribution in [2.45, 2.75) is 37.5 Å². The van der Waals surface area contributed by atoms with Crippen LogP contribution in [0.5, 0.6) is 0 Å². The van der Waals surface area contributed by atoms with E-state index in [9.17, 15) is 0 Å². The largest absolute Gasteiger partial charge is 0.381 e. The van der Waals surface area contributed by atoms with E-state index in [1.807, 2.05) is 6.20 Å². The fraction of sp³-hybridized carbons (Fsp3) is 0.478. The Morgan fingerprint density at radius 1 is 1.03 bits per heavy atom. The van der Waals surface area contributed by atoms with Gasteiger partial charge in [-0.2, -0.15) is 0 Å². The van der Waals surface area contributed by atoms with Gasteiger partial charge in [-0.15, -0.1) is 0 Å². The van der Waals surface area contributed by atoms with Crippen LogP contribution in [-0.2, 0) is 10.2 Å². The van der Waals surface area contributed by atoms with Crippen LogP contribution in [0.1, 0.15) is 37.7 Å². The molecular weight excluding hydrogens is 380 g/mol. The van der Waals surface area contributed by atoms with Crippen LogP contribution in [0.4, 0.5) is 11.5 Å². The second-order valence-electron chi connectivity index (χ2n) is 8.02. The molecule has 2 aliphatic rings. The standard InChI is InChI=1S/C23H30N4OS/c29-22(26-20-9-10-21(24-17-20)27-13-5-2-6-14-27)25-18-23(11-15-28-16-12-23)19-7-3-1-4-8-19/h1,3-4,7-10,17H,2,5-6,11-16,18H2,(H2,25,26,29). The molecule has 3 heterocycles. The minimum absolute atomic E-state index is 0.0572. The van der Waals surface area contributed by atoms with Crippen molar-refractivity contribution in [3.63, 3.8) is 0 Å². The lowest BCUT2D eigenvalue weighted by atomic mass is 9.74. The summed E-state index contributed by atoms with van der Waals surface area (Å²) in [5.74, 6) is 1.05. The van der Waals surface area contributed by atoms with E-state index in [2.05, 4.69) is 63.0 Å². The average molecular weight is 411 g/mol. The van der Waals surface area contributed by atoms with Crippen LogP contribution >= 0.6 is 12.2 Å². The molecule has 6 heteroatoms. The Balaban J connectivity index is 1.35. The van der Waals surface area contributed by atoms with Crippen LogP contribution in [0.15, 0.2) is 48.7 Å². The van der Waals surface area contributed by atoms with E-state index in [1.54, 1.807) is 0 Å². The molecule has 0 bridgehead atoms. The van der Waals surface area contributed by atoms with Gasteiger partial charge in [-0.3, -0.25) is 0 Å². The van der Waals surface area contributed by atoms with Gasteiger partial charge in [0, 0.05) is 38.3 Å². The maximum absolute atomic E-state index is 5.62. The number of ether oxygens (including phenoxy) is 1. The lowest BCUT2D eigenvalue weighted by Crippen LogP contribution is -2.45. The van der Waals surface area contributed by atoms with Crippen molar-refractivity contribution in [2.24, 2.45) is 0 Å². The summed E-state index contributed by atoms with van der Waals surface area (Å²) >= 11 is 5.57. The third kappa shape index (κ3) is 5.06. The van der Waals surface area contributed by atoms with E-state index >= 15 is 0 Å². The number of piperidine rings is 1. The van der Waals surface area contributed by atoms with Gasteiger partial charge in [-0.1, -0.05) is 30.3 Å². The summed E-state index contributed by atoms with van der Waals surface area (Å²) in [5, 5.41) is 7.37. The molecule has 29 heavy (non-hydrogen) atoms. The lowest BCUT2D eigenvalue weighted by molar-refractivity contribution is 0.0515. The van der Waals surface area contributed by atoms with Crippen LogP contribution in [0.25, 0.3) is 0 Å². The summed E-state index contributed by atoms with van der Waals surface area (Å²) in [7, 11) is 0. The van der Waals surface area contributed by atoms with Crippen molar-refractivity contribution in [2.75, 3.05) is 43.1 Å². The highest BCUT2D eigenvalue weighted by Gasteiger charge is 2.34. The fourth-order valence-corrected chi connectivity index (χ4v) is 4.51. The number of pyridine rings is 1. The highest BCUT2D eigenvalue weighted by Crippen LogP contribution is 2.34. The fourth-order valence-electron chi connectivity index (χ4n) is 4.32. The van der Waals surface area contributed by atoms with Crippen molar-refractivity contribution < 1.29 is 4.74 Å². The SMILES string of the molecule is S=C(NCC1(c2ccccc2)CCOCC1)Nc1ccc(N2CCCCC2)nc1. The van der Waals surface area contributed by atoms with Crippen LogP contribution in [-0.4, -0.2) is 42.9 Å². The number of nitrogens with one attached hydrogen (secondary N) is 2. The van der Waals surface area contributed by atoms with Crippen molar-refractivity contribution >= 4 is 28.8 Å². The first kappa shape index (κ1) is 20.1. The van der Waals surface area contributed by atoms with Gasteiger partial charge in [0.25, 0.3) is 0 Å². The number of benzene rings is 1. The predicted octanol–water partition coefficient (Wildman–Crippen LogP) is 4.11. The van der Waals surface area contributed by atoms with Crippen LogP contribution in [0.2, 0.25) is 0 Å². The smallest absolute Gasteiger partial charge is 0.170 e. The highest BCUT2D eigenvalue weighted by molar-refractivity contribution is 7.80. The number of thiocarbonyl (C=S) groups is 1. The Bertz CT molecular complexity index is 784. The molecular formula is C23H30N4OS. The molecule has 0 atom stereocenters. The normalized spacial score (nSPS) is 18.8. The molecule has 4 rings (SSSR count). The molecule has 5 nitrogen and oxygen atoms in total. The number of aromatic nitrogens is 1. The molecule has 2 aliphatic heterocycles. The molecule has 154 valence electrons. The van der Waals surface area contributed by atoms with E-state index < -0.39 is 0 Å². The average Bonchev–Trinajstić information content (AvgIpc) is 2.80. The number of nitrogens with zero attached hydrogens (tertiary/aromatic N) is 2. The zero-order valence-corrected chi connectivity index (χ0v) is 17.7. The first-order valence-corrected chi connectivity index (χ1v) is 11.1. The van der Waals surface area contributed by atoms with Crippen molar-refractivity contribution in [3.8, 4) is 0 Å². The number of rotatable bonds is 5.